The number of thiazole rings is 1. The van der Waals surface area contributed by atoms with Gasteiger partial charge in [0.1, 0.15) is 18.0 Å². The number of amides is 1. The maximum Gasteiger partial charge on any atom is 0.261 e. The Balaban J connectivity index is 1.31. The summed E-state index contributed by atoms with van der Waals surface area (Å²) in [5.74, 6) is 0.997. The molecule has 7 heteroatoms. The van der Waals surface area contributed by atoms with Gasteiger partial charge < -0.3 is 9.14 Å². The lowest BCUT2D eigenvalue weighted by molar-refractivity contribution is 0.102. The molecule has 152 valence electrons. The number of nitrogens with zero attached hydrogens (tertiary/aromatic N) is 3. The second-order valence-corrected chi connectivity index (χ2v) is 8.76. The van der Waals surface area contributed by atoms with Gasteiger partial charge in [-0.05, 0) is 49.4 Å². The van der Waals surface area contributed by atoms with Crippen LogP contribution in [0.1, 0.15) is 40.0 Å². The highest BCUT2D eigenvalue weighted by atomic mass is 32.1. The van der Waals surface area contributed by atoms with Gasteiger partial charge in [-0.2, -0.15) is 0 Å². The molecule has 0 radical (unpaired) electrons. The number of para-hydroxylation sites is 1. The summed E-state index contributed by atoms with van der Waals surface area (Å²) >= 11 is 1.58. The zero-order valence-corrected chi connectivity index (χ0v) is 17.5. The molecule has 0 bridgehead atoms. The van der Waals surface area contributed by atoms with Crippen molar-refractivity contribution < 1.29 is 9.53 Å². The summed E-state index contributed by atoms with van der Waals surface area (Å²) < 4.78 is 7.90. The largest absolute Gasteiger partial charge is 0.486 e. The van der Waals surface area contributed by atoms with Gasteiger partial charge in [0.25, 0.3) is 5.91 Å². The number of carbonyl (C=O) groups is 1. The fourth-order valence-electron chi connectivity index (χ4n) is 3.75. The van der Waals surface area contributed by atoms with Crippen molar-refractivity contribution in [3.8, 4) is 5.75 Å². The molecule has 1 aliphatic carbocycles. The number of imidazole rings is 1. The van der Waals surface area contributed by atoms with Gasteiger partial charge in [-0.25, -0.2) is 9.97 Å². The number of anilines is 1. The molecule has 0 saturated heterocycles. The van der Waals surface area contributed by atoms with Crippen LogP contribution in [0.15, 0.2) is 54.9 Å². The van der Waals surface area contributed by atoms with Crippen LogP contribution in [0.25, 0.3) is 5.65 Å². The van der Waals surface area contributed by atoms with E-state index in [-0.39, 0.29) is 12.5 Å². The van der Waals surface area contributed by atoms with E-state index in [1.54, 1.807) is 23.5 Å². The summed E-state index contributed by atoms with van der Waals surface area (Å²) in [7, 11) is 0. The van der Waals surface area contributed by atoms with E-state index in [4.69, 9.17) is 4.74 Å². The number of hydrogen-bond acceptors (Lipinski definition) is 5. The molecule has 6 nitrogen and oxygen atoms in total. The third-order valence-electron chi connectivity index (χ3n) is 5.33. The van der Waals surface area contributed by atoms with Crippen LogP contribution in [0, 0.1) is 5.92 Å². The van der Waals surface area contributed by atoms with Gasteiger partial charge >= 0.3 is 0 Å². The van der Waals surface area contributed by atoms with Gasteiger partial charge in [-0.3, -0.25) is 10.1 Å². The number of nitrogens with one attached hydrogen (secondary N) is 1. The number of rotatable bonds is 5. The van der Waals surface area contributed by atoms with E-state index < -0.39 is 0 Å². The van der Waals surface area contributed by atoms with Crippen molar-refractivity contribution in [2.45, 2.75) is 32.8 Å². The quantitative estimate of drug-likeness (QED) is 0.508. The molecule has 1 atom stereocenters. The first-order valence-electron chi connectivity index (χ1n) is 10.1. The van der Waals surface area contributed by atoms with Gasteiger partial charge in [-0.15, -0.1) is 11.3 Å². The number of pyridine rings is 1. The average molecular weight is 419 g/mol. The first-order valence-corrected chi connectivity index (χ1v) is 10.9. The molecule has 3 heterocycles. The number of fused-ring (bicyclic) bond motifs is 2. The van der Waals surface area contributed by atoms with Crippen molar-refractivity contribution >= 4 is 28.0 Å². The fourth-order valence-corrected chi connectivity index (χ4v) is 4.91. The highest BCUT2D eigenvalue weighted by Gasteiger charge is 2.21. The minimum atomic E-state index is -0.209. The summed E-state index contributed by atoms with van der Waals surface area (Å²) in [4.78, 5) is 23.4. The predicted octanol–water partition coefficient (Wildman–Crippen LogP) is 4.75. The van der Waals surface area contributed by atoms with Gasteiger partial charge in [0, 0.05) is 17.3 Å². The maximum atomic E-state index is 12.9. The summed E-state index contributed by atoms with van der Waals surface area (Å²) in [5.41, 5.74) is 3.29. The zero-order chi connectivity index (χ0) is 20.5. The molecular weight excluding hydrogens is 396 g/mol. The van der Waals surface area contributed by atoms with E-state index in [2.05, 4.69) is 22.2 Å². The van der Waals surface area contributed by atoms with Crippen molar-refractivity contribution in [3.63, 3.8) is 0 Å². The molecule has 1 aliphatic rings. The van der Waals surface area contributed by atoms with Crippen LogP contribution >= 0.6 is 11.3 Å². The smallest absolute Gasteiger partial charge is 0.261 e. The molecule has 3 aromatic heterocycles. The Labute approximate surface area is 178 Å². The van der Waals surface area contributed by atoms with Crippen LogP contribution in [0.2, 0.25) is 0 Å². The minimum Gasteiger partial charge on any atom is -0.486 e. The van der Waals surface area contributed by atoms with Crippen LogP contribution in [0.3, 0.4) is 0 Å². The molecule has 30 heavy (non-hydrogen) atoms. The molecule has 4 aromatic rings. The fraction of sp³-hybridized carbons (Fsp3) is 0.261. The molecule has 5 rings (SSSR count). The number of aryl methyl sites for hydroxylation is 1. The highest BCUT2D eigenvalue weighted by Crippen LogP contribution is 2.32. The van der Waals surface area contributed by atoms with E-state index in [9.17, 15) is 4.79 Å². The van der Waals surface area contributed by atoms with Crippen LogP contribution in [0.5, 0.6) is 5.75 Å². The first kappa shape index (κ1) is 18.8. The predicted molar refractivity (Wildman–Crippen MR) is 117 cm³/mol. The van der Waals surface area contributed by atoms with Gasteiger partial charge in [-0.1, -0.05) is 25.1 Å². The third kappa shape index (κ3) is 3.80. The second kappa shape index (κ2) is 7.91. The molecular formula is C23H22N4O2S. The summed E-state index contributed by atoms with van der Waals surface area (Å²) in [6.45, 7) is 2.55. The molecule has 0 fully saturated rings. The lowest BCUT2D eigenvalue weighted by Crippen LogP contribution is -2.13. The lowest BCUT2D eigenvalue weighted by Gasteiger charge is -2.15. The third-order valence-corrected chi connectivity index (χ3v) is 6.36. The molecule has 1 amide bonds. The Bertz CT molecular complexity index is 1180. The monoisotopic (exact) mass is 418 g/mol. The number of aromatic nitrogens is 3. The van der Waals surface area contributed by atoms with Crippen molar-refractivity contribution in [2.24, 2.45) is 5.92 Å². The Morgan fingerprint density at radius 1 is 1.23 bits per heavy atom. The zero-order valence-electron chi connectivity index (χ0n) is 16.7. The van der Waals surface area contributed by atoms with Gasteiger partial charge in [0.2, 0.25) is 0 Å². The molecule has 1 N–H and O–H groups in total. The Kier molecular flexibility index (Phi) is 4.96. The van der Waals surface area contributed by atoms with E-state index in [1.165, 1.54) is 4.88 Å². The minimum absolute atomic E-state index is 0.209. The van der Waals surface area contributed by atoms with E-state index in [0.717, 1.165) is 36.3 Å². The van der Waals surface area contributed by atoms with Crippen molar-refractivity contribution in [2.75, 3.05) is 5.32 Å². The lowest BCUT2D eigenvalue weighted by atomic mass is 9.93. The first-order chi connectivity index (χ1) is 14.7. The number of carbonyl (C=O) groups excluding carboxylic acids is 1. The van der Waals surface area contributed by atoms with Crippen molar-refractivity contribution in [3.05, 3.63) is 76.7 Å². The summed E-state index contributed by atoms with van der Waals surface area (Å²) in [5, 5.41) is 3.62. The van der Waals surface area contributed by atoms with Crippen LogP contribution in [0.4, 0.5) is 5.13 Å². The van der Waals surface area contributed by atoms with Gasteiger partial charge in [0.05, 0.1) is 17.0 Å². The number of ether oxygens (including phenoxy) is 1. The summed E-state index contributed by atoms with van der Waals surface area (Å²) in [6, 6.07) is 13.1. The highest BCUT2D eigenvalue weighted by molar-refractivity contribution is 7.15. The molecule has 0 saturated carbocycles. The van der Waals surface area contributed by atoms with Crippen molar-refractivity contribution in [1.29, 1.82) is 0 Å². The standard InChI is InChI=1S/C23H22N4O2S/c1-15-9-10-18-20(12-15)30-23(25-18)26-22(28)17-6-2-3-7-19(17)29-14-16-13-27-11-5-4-8-21(27)24-16/h2-8,11,13,15H,9-10,12,14H2,1H3,(H,25,26,28). The number of hydrogen-bond donors (Lipinski definition) is 1. The molecule has 0 spiro atoms. The van der Waals surface area contributed by atoms with Crippen LogP contribution in [-0.4, -0.2) is 20.3 Å². The number of benzene rings is 1. The van der Waals surface area contributed by atoms with E-state index in [0.29, 0.717) is 22.4 Å². The normalized spacial score (nSPS) is 15.7. The van der Waals surface area contributed by atoms with Crippen LogP contribution < -0.4 is 10.1 Å². The maximum absolute atomic E-state index is 12.9. The van der Waals surface area contributed by atoms with Gasteiger partial charge in [0.15, 0.2) is 5.13 Å². The Morgan fingerprint density at radius 3 is 3.00 bits per heavy atom. The Hall–Kier alpha value is -3.19. The molecule has 1 aromatic carbocycles. The summed E-state index contributed by atoms with van der Waals surface area (Å²) in [6.07, 6.45) is 7.06. The topological polar surface area (TPSA) is 68.5 Å². The Morgan fingerprint density at radius 2 is 2.10 bits per heavy atom. The van der Waals surface area contributed by atoms with E-state index >= 15 is 0 Å². The average Bonchev–Trinajstić information content (AvgIpc) is 3.35. The molecule has 1 unspecified atom stereocenters. The SMILES string of the molecule is CC1CCc2nc(NC(=O)c3ccccc3OCc3cn4ccccc4n3)sc2C1. The second-order valence-electron chi connectivity index (χ2n) is 7.67. The van der Waals surface area contributed by atoms with Crippen molar-refractivity contribution in [1.82, 2.24) is 14.4 Å². The van der Waals surface area contributed by atoms with E-state index in [1.807, 2.05) is 47.1 Å². The molecule has 0 aliphatic heterocycles. The van der Waals surface area contributed by atoms with Crippen LogP contribution in [-0.2, 0) is 19.4 Å².